The smallest absolute Gasteiger partial charge is 0.184 e. The molecule has 0 saturated heterocycles. The lowest BCUT2D eigenvalue weighted by Gasteiger charge is -2.37. The molecule has 0 amide bonds. The lowest BCUT2D eigenvalue weighted by atomic mass is 9.91. The average Bonchev–Trinajstić information content (AvgIpc) is 2.38. The molecule has 2 heterocycles. The molecule has 0 bridgehead atoms. The minimum absolute atomic E-state index is 0.217. The zero-order valence-electron chi connectivity index (χ0n) is 10.1. The molecule has 18 heavy (non-hydrogen) atoms. The predicted molar refractivity (Wildman–Crippen MR) is 78.1 cm³/mol. The van der Waals surface area contributed by atoms with Gasteiger partial charge in [-0.1, -0.05) is 18.2 Å². The van der Waals surface area contributed by atoms with Crippen LogP contribution in [0.4, 0.5) is 5.69 Å². The van der Waals surface area contributed by atoms with E-state index in [1.807, 2.05) is 0 Å². The summed E-state index contributed by atoms with van der Waals surface area (Å²) >= 11 is 4.79. The molecule has 2 aliphatic heterocycles. The van der Waals surface area contributed by atoms with Gasteiger partial charge in [0.1, 0.15) is 0 Å². The van der Waals surface area contributed by atoms with Crippen LogP contribution < -0.4 is 16.1 Å². The molecule has 4 nitrogen and oxygen atoms in total. The molecule has 0 fully saturated rings. The summed E-state index contributed by atoms with van der Waals surface area (Å²) in [5, 5.41) is 4.55. The van der Waals surface area contributed by atoms with E-state index in [9.17, 15) is 0 Å². The zero-order valence-corrected chi connectivity index (χ0v) is 11.0. The number of nitrogens with one attached hydrogen (secondary N) is 1. The van der Waals surface area contributed by atoms with Crippen LogP contribution in [0.5, 0.6) is 0 Å². The molecule has 0 atom stereocenters. The van der Waals surface area contributed by atoms with Crippen molar-refractivity contribution < 1.29 is 0 Å². The highest BCUT2D eigenvalue weighted by molar-refractivity contribution is 7.80. The summed E-state index contributed by atoms with van der Waals surface area (Å²) in [4.78, 5) is 2.47. The Morgan fingerprint density at radius 3 is 3.06 bits per heavy atom. The maximum absolute atomic E-state index is 5.43. The van der Waals surface area contributed by atoms with Crippen LogP contribution in [0.1, 0.15) is 24.0 Å². The topological polar surface area (TPSA) is 53.6 Å². The Bertz CT molecular complexity index is 524. The Morgan fingerprint density at radius 1 is 1.33 bits per heavy atom. The van der Waals surface area contributed by atoms with Crippen LogP contribution in [-0.4, -0.2) is 23.9 Å². The Hall–Kier alpha value is -1.62. The van der Waals surface area contributed by atoms with E-state index >= 15 is 0 Å². The van der Waals surface area contributed by atoms with Crippen LogP contribution in [-0.2, 0) is 6.42 Å². The van der Waals surface area contributed by atoms with Gasteiger partial charge in [0.15, 0.2) is 5.11 Å². The SMILES string of the molecule is NC(=S)N/N=C1\CCN2CCCc3cccc1c32. The first-order chi connectivity index (χ1) is 8.75. The van der Waals surface area contributed by atoms with Gasteiger partial charge in [-0.05, 0) is 30.6 Å². The van der Waals surface area contributed by atoms with Crippen LogP contribution in [0.2, 0.25) is 0 Å². The number of anilines is 1. The summed E-state index contributed by atoms with van der Waals surface area (Å²) in [5.41, 5.74) is 13.2. The molecule has 5 heteroatoms. The van der Waals surface area contributed by atoms with Gasteiger partial charge >= 0.3 is 0 Å². The molecular formula is C13H16N4S. The summed E-state index contributed by atoms with van der Waals surface area (Å²) in [6.45, 7) is 2.18. The second-order valence-electron chi connectivity index (χ2n) is 4.69. The first kappa shape index (κ1) is 11.5. The van der Waals surface area contributed by atoms with E-state index in [1.165, 1.54) is 23.2 Å². The number of hydrogen-bond acceptors (Lipinski definition) is 3. The molecule has 1 aromatic carbocycles. The van der Waals surface area contributed by atoms with Gasteiger partial charge in [0.05, 0.1) is 5.71 Å². The fourth-order valence-corrected chi connectivity index (χ4v) is 2.86. The Kier molecular flexibility index (Phi) is 2.91. The van der Waals surface area contributed by atoms with Crippen LogP contribution >= 0.6 is 12.2 Å². The lowest BCUT2D eigenvalue weighted by molar-refractivity contribution is 0.687. The largest absolute Gasteiger partial charge is 0.375 e. The third kappa shape index (κ3) is 1.95. The Labute approximate surface area is 112 Å². The molecule has 0 unspecified atom stereocenters. The van der Waals surface area contributed by atoms with E-state index in [0.29, 0.717) is 0 Å². The van der Waals surface area contributed by atoms with E-state index in [4.69, 9.17) is 18.0 Å². The third-order valence-corrected chi connectivity index (χ3v) is 3.63. The first-order valence-corrected chi connectivity index (χ1v) is 6.66. The monoisotopic (exact) mass is 260 g/mol. The minimum Gasteiger partial charge on any atom is -0.375 e. The number of nitrogens with two attached hydrogens (primary N) is 1. The average molecular weight is 260 g/mol. The second-order valence-corrected chi connectivity index (χ2v) is 5.13. The quantitative estimate of drug-likeness (QED) is 0.592. The van der Waals surface area contributed by atoms with Crippen molar-refractivity contribution >= 4 is 28.7 Å². The van der Waals surface area contributed by atoms with Crippen molar-refractivity contribution in [2.24, 2.45) is 10.8 Å². The van der Waals surface area contributed by atoms with Crippen LogP contribution in [0.3, 0.4) is 0 Å². The zero-order chi connectivity index (χ0) is 12.5. The number of rotatable bonds is 1. The standard InChI is InChI=1S/C13H16N4S/c14-13(18)16-15-11-6-8-17-7-2-4-9-3-1-5-10(11)12(9)17/h1,3,5H,2,4,6-8H2,(H3,14,16,18)/b15-11+. The molecule has 3 rings (SSSR count). The predicted octanol–water partition coefficient (Wildman–Crippen LogP) is 1.38. The van der Waals surface area contributed by atoms with Gasteiger partial charge in [-0.25, -0.2) is 0 Å². The highest BCUT2D eigenvalue weighted by Gasteiger charge is 2.26. The van der Waals surface area contributed by atoms with E-state index in [1.54, 1.807) is 0 Å². The van der Waals surface area contributed by atoms with Crippen molar-refractivity contribution in [3.05, 3.63) is 29.3 Å². The van der Waals surface area contributed by atoms with Crippen LogP contribution in [0.15, 0.2) is 23.3 Å². The summed E-state index contributed by atoms with van der Waals surface area (Å²) in [5.74, 6) is 0. The number of nitrogens with zero attached hydrogens (tertiary/aromatic N) is 2. The maximum atomic E-state index is 5.43. The van der Waals surface area contributed by atoms with Crippen LogP contribution in [0.25, 0.3) is 0 Å². The van der Waals surface area contributed by atoms with Crippen molar-refractivity contribution in [3.63, 3.8) is 0 Å². The molecule has 0 aliphatic carbocycles. The van der Waals surface area contributed by atoms with Crippen molar-refractivity contribution in [1.29, 1.82) is 0 Å². The fraction of sp³-hybridized carbons (Fsp3) is 0.385. The normalized spacial score (nSPS) is 19.6. The number of thiocarbonyl (C=S) groups is 1. The molecule has 2 aliphatic rings. The number of benzene rings is 1. The highest BCUT2D eigenvalue weighted by atomic mass is 32.1. The molecule has 3 N–H and O–H groups in total. The second kappa shape index (κ2) is 4.57. The summed E-state index contributed by atoms with van der Waals surface area (Å²) < 4.78 is 0. The van der Waals surface area contributed by atoms with Gasteiger partial charge in [0.25, 0.3) is 0 Å². The highest BCUT2D eigenvalue weighted by Crippen LogP contribution is 2.34. The van der Waals surface area contributed by atoms with Gasteiger partial charge in [-0.15, -0.1) is 0 Å². The number of hydrazone groups is 1. The van der Waals surface area contributed by atoms with E-state index in [2.05, 4.69) is 33.6 Å². The number of para-hydroxylation sites is 1. The number of aryl methyl sites for hydroxylation is 1. The van der Waals surface area contributed by atoms with Gasteiger partial charge in [-0.3, -0.25) is 5.43 Å². The summed E-state index contributed by atoms with van der Waals surface area (Å²) in [7, 11) is 0. The van der Waals surface area contributed by atoms with Gasteiger partial charge < -0.3 is 10.6 Å². The molecule has 0 aromatic heterocycles. The summed E-state index contributed by atoms with van der Waals surface area (Å²) in [6, 6.07) is 6.46. The maximum Gasteiger partial charge on any atom is 0.184 e. The molecule has 0 saturated carbocycles. The van der Waals surface area contributed by atoms with E-state index in [0.717, 1.165) is 31.6 Å². The van der Waals surface area contributed by atoms with E-state index < -0.39 is 0 Å². The Balaban J connectivity index is 2.03. The van der Waals surface area contributed by atoms with Gasteiger partial charge in [0.2, 0.25) is 0 Å². The third-order valence-electron chi connectivity index (χ3n) is 3.54. The van der Waals surface area contributed by atoms with E-state index in [-0.39, 0.29) is 5.11 Å². The van der Waals surface area contributed by atoms with Crippen molar-refractivity contribution in [3.8, 4) is 0 Å². The van der Waals surface area contributed by atoms with Crippen molar-refractivity contribution in [1.82, 2.24) is 5.43 Å². The number of hydrogen-bond donors (Lipinski definition) is 2. The molecule has 0 spiro atoms. The van der Waals surface area contributed by atoms with Crippen molar-refractivity contribution in [2.75, 3.05) is 18.0 Å². The van der Waals surface area contributed by atoms with Crippen LogP contribution in [0, 0.1) is 0 Å². The lowest BCUT2D eigenvalue weighted by Crippen LogP contribution is -2.37. The van der Waals surface area contributed by atoms with Gasteiger partial charge in [-0.2, -0.15) is 5.10 Å². The fourth-order valence-electron chi connectivity index (χ4n) is 2.81. The first-order valence-electron chi connectivity index (χ1n) is 6.25. The summed E-state index contributed by atoms with van der Waals surface area (Å²) in [6.07, 6.45) is 3.34. The Morgan fingerprint density at radius 2 is 2.22 bits per heavy atom. The molecule has 0 radical (unpaired) electrons. The molecular weight excluding hydrogens is 244 g/mol. The molecule has 94 valence electrons. The minimum atomic E-state index is 0.217. The molecule has 1 aromatic rings. The van der Waals surface area contributed by atoms with Gasteiger partial charge in [0, 0.05) is 30.8 Å². The van der Waals surface area contributed by atoms with Crippen molar-refractivity contribution in [2.45, 2.75) is 19.3 Å².